The normalized spacial score (nSPS) is 10.4. The summed E-state index contributed by atoms with van der Waals surface area (Å²) >= 11 is 6.16. The van der Waals surface area contributed by atoms with Crippen LogP contribution in [-0.4, -0.2) is 4.98 Å². The van der Waals surface area contributed by atoms with Gasteiger partial charge in [0.15, 0.2) is 0 Å². The zero-order valence-corrected chi connectivity index (χ0v) is 10.9. The largest absolute Gasteiger partial charge is 0.487 e. The Morgan fingerprint density at radius 1 is 1.33 bits per heavy atom. The summed E-state index contributed by atoms with van der Waals surface area (Å²) in [5.74, 6) is 0.775. The van der Waals surface area contributed by atoms with E-state index >= 15 is 0 Å². The highest BCUT2D eigenvalue weighted by molar-refractivity contribution is 6.31. The lowest BCUT2D eigenvalue weighted by atomic mass is 10.1. The Morgan fingerprint density at radius 3 is 2.83 bits per heavy atom. The van der Waals surface area contributed by atoms with Gasteiger partial charge in [0, 0.05) is 23.3 Å². The van der Waals surface area contributed by atoms with Crippen LogP contribution in [0.4, 0.5) is 0 Å². The number of benzene rings is 1. The van der Waals surface area contributed by atoms with Crippen LogP contribution in [0.1, 0.15) is 16.8 Å². The van der Waals surface area contributed by atoms with Crippen molar-refractivity contribution in [3.05, 3.63) is 58.4 Å². The molecule has 0 bridgehead atoms. The first-order valence-electron chi connectivity index (χ1n) is 5.72. The molecule has 0 amide bonds. The number of hydrogen-bond acceptors (Lipinski definition) is 3. The first-order chi connectivity index (χ1) is 8.70. The van der Waals surface area contributed by atoms with Gasteiger partial charge in [-0.05, 0) is 30.7 Å². The summed E-state index contributed by atoms with van der Waals surface area (Å²) in [4.78, 5) is 4.17. The van der Waals surface area contributed by atoms with E-state index in [1.165, 1.54) is 0 Å². The Bertz CT molecular complexity index is 543. The van der Waals surface area contributed by atoms with Gasteiger partial charge in [0.25, 0.3) is 0 Å². The second-order valence-corrected chi connectivity index (χ2v) is 4.41. The summed E-state index contributed by atoms with van der Waals surface area (Å²) < 4.78 is 5.70. The molecule has 0 atom stereocenters. The van der Waals surface area contributed by atoms with Gasteiger partial charge in [0.05, 0.1) is 5.69 Å². The minimum atomic E-state index is 0.427. The van der Waals surface area contributed by atoms with Crippen molar-refractivity contribution in [2.45, 2.75) is 20.1 Å². The standard InChI is InChI=1S/C14H15ClN2O/c1-10-14(3-2-6-17-10)18-9-12-5-4-11(8-16)7-13(12)15/h2-7H,8-9,16H2,1H3. The van der Waals surface area contributed by atoms with E-state index in [1.807, 2.05) is 37.3 Å². The van der Waals surface area contributed by atoms with E-state index in [-0.39, 0.29) is 0 Å². The topological polar surface area (TPSA) is 48.1 Å². The van der Waals surface area contributed by atoms with Gasteiger partial charge in [-0.3, -0.25) is 4.98 Å². The molecule has 2 aromatic rings. The Morgan fingerprint density at radius 2 is 2.17 bits per heavy atom. The second-order valence-electron chi connectivity index (χ2n) is 4.01. The number of halogens is 1. The average Bonchev–Trinajstić information content (AvgIpc) is 2.39. The van der Waals surface area contributed by atoms with Crippen molar-refractivity contribution in [1.29, 1.82) is 0 Å². The van der Waals surface area contributed by atoms with E-state index in [2.05, 4.69) is 4.98 Å². The molecule has 0 saturated heterocycles. The number of aryl methyl sites for hydroxylation is 1. The smallest absolute Gasteiger partial charge is 0.141 e. The van der Waals surface area contributed by atoms with Crippen LogP contribution in [0, 0.1) is 6.92 Å². The molecule has 0 radical (unpaired) electrons. The van der Waals surface area contributed by atoms with Crippen LogP contribution in [0.5, 0.6) is 5.75 Å². The number of ether oxygens (including phenoxy) is 1. The fourth-order valence-electron chi connectivity index (χ4n) is 1.61. The Kier molecular flexibility index (Phi) is 4.18. The predicted octanol–water partition coefficient (Wildman–Crippen LogP) is 3.08. The number of nitrogens with two attached hydrogens (primary N) is 1. The number of aromatic nitrogens is 1. The minimum absolute atomic E-state index is 0.427. The quantitative estimate of drug-likeness (QED) is 0.921. The maximum atomic E-state index is 6.16. The van der Waals surface area contributed by atoms with Crippen LogP contribution in [-0.2, 0) is 13.2 Å². The molecule has 3 nitrogen and oxygen atoms in total. The van der Waals surface area contributed by atoms with Crippen molar-refractivity contribution in [3.8, 4) is 5.75 Å². The third kappa shape index (κ3) is 3.00. The maximum absolute atomic E-state index is 6.16. The van der Waals surface area contributed by atoms with Gasteiger partial charge in [0.2, 0.25) is 0 Å². The Labute approximate surface area is 112 Å². The summed E-state index contributed by atoms with van der Waals surface area (Å²) in [6.45, 7) is 2.83. The van der Waals surface area contributed by atoms with Crippen LogP contribution in [0.2, 0.25) is 5.02 Å². The molecule has 94 valence electrons. The molecule has 0 fully saturated rings. The highest BCUT2D eigenvalue weighted by Crippen LogP contribution is 2.21. The van der Waals surface area contributed by atoms with Crippen molar-refractivity contribution >= 4 is 11.6 Å². The lowest BCUT2D eigenvalue weighted by Crippen LogP contribution is -2.01. The van der Waals surface area contributed by atoms with E-state index in [1.54, 1.807) is 6.20 Å². The molecular formula is C14H15ClN2O. The van der Waals surface area contributed by atoms with Crippen molar-refractivity contribution in [2.24, 2.45) is 5.73 Å². The molecule has 0 spiro atoms. The Hall–Kier alpha value is -1.58. The van der Waals surface area contributed by atoms with E-state index in [0.717, 1.165) is 22.6 Å². The molecule has 0 aliphatic carbocycles. The number of hydrogen-bond donors (Lipinski definition) is 1. The summed E-state index contributed by atoms with van der Waals surface area (Å²) in [5.41, 5.74) is 8.38. The summed E-state index contributed by atoms with van der Waals surface area (Å²) in [6, 6.07) is 9.51. The molecule has 1 aromatic carbocycles. The lowest BCUT2D eigenvalue weighted by Gasteiger charge is -2.10. The number of pyridine rings is 1. The third-order valence-corrected chi connectivity index (χ3v) is 3.05. The van der Waals surface area contributed by atoms with Gasteiger partial charge >= 0.3 is 0 Å². The van der Waals surface area contributed by atoms with E-state index in [0.29, 0.717) is 18.2 Å². The summed E-state index contributed by atoms with van der Waals surface area (Å²) in [5, 5.41) is 0.680. The van der Waals surface area contributed by atoms with Gasteiger partial charge in [-0.25, -0.2) is 0 Å². The van der Waals surface area contributed by atoms with Crippen LogP contribution in [0.25, 0.3) is 0 Å². The van der Waals surface area contributed by atoms with Crippen molar-refractivity contribution in [1.82, 2.24) is 4.98 Å². The SMILES string of the molecule is Cc1ncccc1OCc1ccc(CN)cc1Cl. The molecule has 2 rings (SSSR count). The summed E-state index contributed by atoms with van der Waals surface area (Å²) in [6.07, 6.45) is 1.74. The molecular weight excluding hydrogens is 248 g/mol. The van der Waals surface area contributed by atoms with Crippen molar-refractivity contribution in [2.75, 3.05) is 0 Å². The molecule has 0 unspecified atom stereocenters. The molecule has 4 heteroatoms. The Balaban J connectivity index is 2.09. The molecule has 0 saturated carbocycles. The molecule has 0 aliphatic heterocycles. The average molecular weight is 263 g/mol. The first kappa shape index (κ1) is 12.9. The fraction of sp³-hybridized carbons (Fsp3) is 0.214. The predicted molar refractivity (Wildman–Crippen MR) is 72.6 cm³/mol. The molecule has 1 aromatic heterocycles. The van der Waals surface area contributed by atoms with Crippen LogP contribution in [0.3, 0.4) is 0 Å². The second kappa shape index (κ2) is 5.85. The minimum Gasteiger partial charge on any atom is -0.487 e. The first-order valence-corrected chi connectivity index (χ1v) is 6.10. The van der Waals surface area contributed by atoms with Gasteiger partial charge in [-0.1, -0.05) is 23.7 Å². The van der Waals surface area contributed by atoms with Crippen LogP contribution >= 0.6 is 11.6 Å². The molecule has 0 aliphatic rings. The lowest BCUT2D eigenvalue weighted by molar-refractivity contribution is 0.302. The van der Waals surface area contributed by atoms with Crippen molar-refractivity contribution in [3.63, 3.8) is 0 Å². The molecule has 2 N–H and O–H groups in total. The molecule has 18 heavy (non-hydrogen) atoms. The van der Waals surface area contributed by atoms with E-state index in [9.17, 15) is 0 Å². The summed E-state index contributed by atoms with van der Waals surface area (Å²) in [7, 11) is 0. The van der Waals surface area contributed by atoms with Gasteiger partial charge < -0.3 is 10.5 Å². The number of nitrogens with zero attached hydrogens (tertiary/aromatic N) is 1. The molecule has 1 heterocycles. The maximum Gasteiger partial charge on any atom is 0.141 e. The zero-order chi connectivity index (χ0) is 13.0. The highest BCUT2D eigenvalue weighted by Gasteiger charge is 2.04. The van der Waals surface area contributed by atoms with E-state index < -0.39 is 0 Å². The number of rotatable bonds is 4. The van der Waals surface area contributed by atoms with Crippen LogP contribution in [0.15, 0.2) is 36.5 Å². The van der Waals surface area contributed by atoms with Gasteiger partial charge in [-0.2, -0.15) is 0 Å². The van der Waals surface area contributed by atoms with E-state index in [4.69, 9.17) is 22.1 Å². The third-order valence-electron chi connectivity index (χ3n) is 2.69. The monoisotopic (exact) mass is 262 g/mol. The zero-order valence-electron chi connectivity index (χ0n) is 10.2. The highest BCUT2D eigenvalue weighted by atomic mass is 35.5. The van der Waals surface area contributed by atoms with Crippen LogP contribution < -0.4 is 10.5 Å². The fourth-order valence-corrected chi connectivity index (χ4v) is 1.87. The van der Waals surface area contributed by atoms with Crippen molar-refractivity contribution < 1.29 is 4.74 Å². The van der Waals surface area contributed by atoms with Gasteiger partial charge in [-0.15, -0.1) is 0 Å². The van der Waals surface area contributed by atoms with Gasteiger partial charge in [0.1, 0.15) is 12.4 Å².